The number of carbonyl (C=O) groups is 2. The molecule has 0 radical (unpaired) electrons. The van der Waals surface area contributed by atoms with Gasteiger partial charge in [-0.1, -0.05) is 47.0 Å². The second kappa shape index (κ2) is 10.7. The molecular weight excluding hydrogens is 254 g/mol. The molecule has 0 spiro atoms. The molecule has 0 bridgehead atoms. The molecule has 0 aromatic rings. The standard InChI is InChI=1S/C16H31NO3/c1-5-8-9-10-11-17(12-13(4)16(19)20)15(18)14(6-2)7-3/h13-14H,5-12H2,1-4H3,(H,19,20). The number of aliphatic carboxylic acids is 1. The second-order valence-corrected chi connectivity index (χ2v) is 5.60. The van der Waals surface area contributed by atoms with Crippen LogP contribution in [0.5, 0.6) is 0 Å². The molecule has 20 heavy (non-hydrogen) atoms. The molecule has 0 fully saturated rings. The lowest BCUT2D eigenvalue weighted by atomic mass is 10.0. The Labute approximate surface area is 123 Å². The van der Waals surface area contributed by atoms with Crippen LogP contribution in [-0.2, 0) is 9.59 Å². The number of amides is 1. The summed E-state index contributed by atoms with van der Waals surface area (Å²) < 4.78 is 0. The summed E-state index contributed by atoms with van der Waals surface area (Å²) in [6, 6.07) is 0. The van der Waals surface area contributed by atoms with Crippen molar-refractivity contribution >= 4 is 11.9 Å². The first-order valence-electron chi connectivity index (χ1n) is 7.99. The molecule has 118 valence electrons. The molecule has 0 aliphatic rings. The predicted molar refractivity (Wildman–Crippen MR) is 81.6 cm³/mol. The average molecular weight is 285 g/mol. The predicted octanol–water partition coefficient (Wildman–Crippen LogP) is 3.55. The molecule has 0 heterocycles. The van der Waals surface area contributed by atoms with E-state index in [2.05, 4.69) is 6.92 Å². The first kappa shape index (κ1) is 18.9. The number of carbonyl (C=O) groups excluding carboxylic acids is 1. The first-order valence-corrected chi connectivity index (χ1v) is 7.99. The van der Waals surface area contributed by atoms with Gasteiger partial charge in [0.15, 0.2) is 0 Å². The summed E-state index contributed by atoms with van der Waals surface area (Å²) in [5.74, 6) is -1.18. The summed E-state index contributed by atoms with van der Waals surface area (Å²) in [6.07, 6.45) is 6.04. The molecule has 1 atom stereocenters. The van der Waals surface area contributed by atoms with Crippen LogP contribution < -0.4 is 0 Å². The monoisotopic (exact) mass is 285 g/mol. The quantitative estimate of drug-likeness (QED) is 0.591. The van der Waals surface area contributed by atoms with Crippen LogP contribution >= 0.6 is 0 Å². The van der Waals surface area contributed by atoms with E-state index >= 15 is 0 Å². The zero-order valence-electron chi connectivity index (χ0n) is 13.5. The Morgan fingerprint density at radius 3 is 2.10 bits per heavy atom. The highest BCUT2D eigenvalue weighted by atomic mass is 16.4. The van der Waals surface area contributed by atoms with Crippen LogP contribution in [0.15, 0.2) is 0 Å². The Hall–Kier alpha value is -1.06. The fourth-order valence-electron chi connectivity index (χ4n) is 2.33. The van der Waals surface area contributed by atoms with Crippen molar-refractivity contribution in [3.05, 3.63) is 0 Å². The van der Waals surface area contributed by atoms with Crippen molar-refractivity contribution in [1.82, 2.24) is 4.90 Å². The second-order valence-electron chi connectivity index (χ2n) is 5.60. The molecule has 0 rings (SSSR count). The molecule has 0 aromatic carbocycles. The van der Waals surface area contributed by atoms with Gasteiger partial charge >= 0.3 is 5.97 Å². The molecule has 1 amide bonds. The summed E-state index contributed by atoms with van der Waals surface area (Å²) in [7, 11) is 0. The summed E-state index contributed by atoms with van der Waals surface area (Å²) in [6.45, 7) is 8.87. The van der Waals surface area contributed by atoms with E-state index in [1.807, 2.05) is 13.8 Å². The smallest absolute Gasteiger partial charge is 0.308 e. The number of nitrogens with zero attached hydrogens (tertiary/aromatic N) is 1. The molecule has 0 aliphatic heterocycles. The summed E-state index contributed by atoms with van der Waals surface area (Å²) >= 11 is 0. The third-order valence-corrected chi connectivity index (χ3v) is 3.84. The summed E-state index contributed by atoms with van der Waals surface area (Å²) in [5, 5.41) is 9.04. The van der Waals surface area contributed by atoms with E-state index in [0.29, 0.717) is 13.1 Å². The third kappa shape index (κ3) is 6.92. The van der Waals surface area contributed by atoms with Crippen LogP contribution in [0.4, 0.5) is 0 Å². The maximum absolute atomic E-state index is 12.5. The normalized spacial score (nSPS) is 12.4. The van der Waals surface area contributed by atoms with E-state index in [1.165, 1.54) is 6.42 Å². The number of hydrogen-bond acceptors (Lipinski definition) is 2. The van der Waals surface area contributed by atoms with Crippen molar-refractivity contribution in [2.24, 2.45) is 11.8 Å². The van der Waals surface area contributed by atoms with Crippen molar-refractivity contribution in [2.45, 2.75) is 66.2 Å². The molecular formula is C16H31NO3. The van der Waals surface area contributed by atoms with Crippen LogP contribution in [0.3, 0.4) is 0 Å². The van der Waals surface area contributed by atoms with Gasteiger partial charge in [0, 0.05) is 19.0 Å². The third-order valence-electron chi connectivity index (χ3n) is 3.84. The molecule has 0 saturated heterocycles. The lowest BCUT2D eigenvalue weighted by Gasteiger charge is -2.28. The summed E-state index contributed by atoms with van der Waals surface area (Å²) in [4.78, 5) is 25.2. The summed E-state index contributed by atoms with van der Waals surface area (Å²) in [5.41, 5.74) is 0. The Balaban J connectivity index is 4.59. The molecule has 4 heteroatoms. The highest BCUT2D eigenvalue weighted by molar-refractivity contribution is 5.79. The van der Waals surface area contributed by atoms with Gasteiger partial charge in [-0.25, -0.2) is 0 Å². The fourth-order valence-corrected chi connectivity index (χ4v) is 2.33. The highest BCUT2D eigenvalue weighted by Gasteiger charge is 2.24. The number of carboxylic acid groups (broad SMARTS) is 1. The molecule has 0 aromatic heterocycles. The molecule has 1 N–H and O–H groups in total. The van der Waals surface area contributed by atoms with Gasteiger partial charge in [-0.15, -0.1) is 0 Å². The van der Waals surface area contributed by atoms with Gasteiger partial charge < -0.3 is 10.0 Å². The fraction of sp³-hybridized carbons (Fsp3) is 0.875. The zero-order valence-corrected chi connectivity index (χ0v) is 13.5. The minimum Gasteiger partial charge on any atom is -0.481 e. The van der Waals surface area contributed by atoms with Gasteiger partial charge in [-0.3, -0.25) is 9.59 Å². The number of unbranched alkanes of at least 4 members (excludes halogenated alkanes) is 3. The van der Waals surface area contributed by atoms with E-state index in [1.54, 1.807) is 11.8 Å². The van der Waals surface area contributed by atoms with Gasteiger partial charge in [0.2, 0.25) is 5.91 Å². The van der Waals surface area contributed by atoms with E-state index in [4.69, 9.17) is 5.11 Å². The van der Waals surface area contributed by atoms with E-state index in [-0.39, 0.29) is 11.8 Å². The minimum atomic E-state index is -0.832. The van der Waals surface area contributed by atoms with Crippen LogP contribution in [0, 0.1) is 11.8 Å². The number of carboxylic acids is 1. The molecule has 1 unspecified atom stereocenters. The maximum Gasteiger partial charge on any atom is 0.308 e. The first-order chi connectivity index (χ1) is 9.47. The van der Waals surface area contributed by atoms with Gasteiger partial charge in [-0.2, -0.15) is 0 Å². The van der Waals surface area contributed by atoms with Crippen LogP contribution in [0.25, 0.3) is 0 Å². The number of rotatable bonds is 11. The van der Waals surface area contributed by atoms with Gasteiger partial charge in [0.05, 0.1) is 5.92 Å². The molecule has 0 saturated carbocycles. The lowest BCUT2D eigenvalue weighted by molar-refractivity contribution is -0.144. The maximum atomic E-state index is 12.5. The van der Waals surface area contributed by atoms with Gasteiger partial charge in [0.25, 0.3) is 0 Å². The molecule has 0 aliphatic carbocycles. The highest BCUT2D eigenvalue weighted by Crippen LogP contribution is 2.15. The molecule has 4 nitrogen and oxygen atoms in total. The zero-order chi connectivity index (χ0) is 15.5. The van der Waals surface area contributed by atoms with E-state index in [0.717, 1.165) is 32.1 Å². The Kier molecular flexibility index (Phi) is 10.1. The van der Waals surface area contributed by atoms with Crippen LogP contribution in [-0.4, -0.2) is 35.0 Å². The Bertz CT molecular complexity index is 287. The largest absolute Gasteiger partial charge is 0.481 e. The van der Waals surface area contributed by atoms with Gasteiger partial charge in [0.1, 0.15) is 0 Å². The van der Waals surface area contributed by atoms with Crippen molar-refractivity contribution < 1.29 is 14.7 Å². The Morgan fingerprint density at radius 1 is 1.05 bits per heavy atom. The van der Waals surface area contributed by atoms with E-state index in [9.17, 15) is 9.59 Å². The van der Waals surface area contributed by atoms with Crippen molar-refractivity contribution in [3.63, 3.8) is 0 Å². The van der Waals surface area contributed by atoms with Crippen molar-refractivity contribution in [2.75, 3.05) is 13.1 Å². The van der Waals surface area contributed by atoms with Crippen LogP contribution in [0.1, 0.15) is 66.2 Å². The topological polar surface area (TPSA) is 57.6 Å². The number of hydrogen-bond donors (Lipinski definition) is 1. The lowest BCUT2D eigenvalue weighted by Crippen LogP contribution is -2.40. The van der Waals surface area contributed by atoms with E-state index < -0.39 is 11.9 Å². The van der Waals surface area contributed by atoms with Crippen molar-refractivity contribution in [1.29, 1.82) is 0 Å². The van der Waals surface area contributed by atoms with Gasteiger partial charge in [-0.05, 0) is 19.3 Å². The van der Waals surface area contributed by atoms with Crippen molar-refractivity contribution in [3.8, 4) is 0 Å². The van der Waals surface area contributed by atoms with Crippen LogP contribution in [0.2, 0.25) is 0 Å². The SMILES string of the molecule is CCCCCCN(CC(C)C(=O)O)C(=O)C(CC)CC. The minimum absolute atomic E-state index is 0.0298. The Morgan fingerprint density at radius 2 is 1.65 bits per heavy atom. The average Bonchev–Trinajstić information content (AvgIpc) is 2.42.